The van der Waals surface area contributed by atoms with Gasteiger partial charge in [-0.05, 0) is 26.2 Å². The van der Waals surface area contributed by atoms with Crippen LogP contribution in [0.4, 0.5) is 0 Å². The van der Waals surface area contributed by atoms with Crippen molar-refractivity contribution in [2.45, 2.75) is 57.4 Å². The fraction of sp³-hybridized carbons (Fsp3) is 0.850. The Kier molecular flexibility index (Phi) is 9.07. The van der Waals surface area contributed by atoms with Gasteiger partial charge in [0.2, 0.25) is 0 Å². The molecule has 10 heteroatoms. The maximum atomic E-state index is 12.3. The molecule has 2 fully saturated rings. The summed E-state index contributed by atoms with van der Waals surface area (Å²) in [6.07, 6.45) is 4.20. The summed E-state index contributed by atoms with van der Waals surface area (Å²) in [4.78, 5) is 7.19. The second-order valence-electron chi connectivity index (χ2n) is 8.07. The maximum Gasteiger partial charge on any atom is 0.191 e. The van der Waals surface area contributed by atoms with Crippen LogP contribution in [0.2, 0.25) is 0 Å². The van der Waals surface area contributed by atoms with Crippen molar-refractivity contribution in [2.75, 3.05) is 45.1 Å². The summed E-state index contributed by atoms with van der Waals surface area (Å²) in [7, 11) is 1.23. The van der Waals surface area contributed by atoms with Crippen molar-refractivity contribution in [3.63, 3.8) is 0 Å². The van der Waals surface area contributed by atoms with Crippen molar-refractivity contribution in [1.82, 2.24) is 30.3 Å². The molecule has 1 saturated heterocycles. The molecule has 0 spiro atoms. The van der Waals surface area contributed by atoms with E-state index in [1.807, 2.05) is 25.5 Å². The summed E-state index contributed by atoms with van der Waals surface area (Å²) in [5, 5.41) is 15.7. The first-order valence-corrected chi connectivity index (χ1v) is 12.5. The molecule has 1 aliphatic carbocycles. The number of nitrogens with zero attached hydrogens (tertiary/aromatic N) is 5. The number of morpholine rings is 1. The fourth-order valence-corrected chi connectivity index (χ4v) is 5.34. The smallest absolute Gasteiger partial charge is 0.191 e. The van der Waals surface area contributed by atoms with Gasteiger partial charge in [0.25, 0.3) is 0 Å². The molecule has 9 nitrogen and oxygen atoms in total. The molecular weight excluding hydrogens is 402 g/mol. The second-order valence-corrected chi connectivity index (χ2v) is 10.1. The molecule has 2 heterocycles. The molecule has 1 saturated carbocycles. The van der Waals surface area contributed by atoms with Crippen molar-refractivity contribution in [3.05, 3.63) is 11.6 Å². The summed E-state index contributed by atoms with van der Waals surface area (Å²) in [6.45, 7) is 9.78. The number of hydrogen-bond acceptors (Lipinski definition) is 6. The lowest BCUT2D eigenvalue weighted by atomic mass is 9.95. The first-order valence-electron chi connectivity index (χ1n) is 11.1. The van der Waals surface area contributed by atoms with Gasteiger partial charge in [-0.2, -0.15) is 0 Å². The molecule has 1 aromatic heterocycles. The third-order valence-electron chi connectivity index (χ3n) is 6.01. The zero-order chi connectivity index (χ0) is 21.3. The molecule has 2 aliphatic rings. The zero-order valence-electron chi connectivity index (χ0n) is 18.6. The number of ether oxygens (including phenoxy) is 1. The van der Waals surface area contributed by atoms with Gasteiger partial charge in [0.05, 0.1) is 13.2 Å². The first kappa shape index (κ1) is 23.1. The number of guanidine groups is 1. The van der Waals surface area contributed by atoms with Gasteiger partial charge >= 0.3 is 0 Å². The van der Waals surface area contributed by atoms with Crippen molar-refractivity contribution in [1.29, 1.82) is 0 Å². The predicted octanol–water partition coefficient (Wildman–Crippen LogP) is 0.571. The summed E-state index contributed by atoms with van der Waals surface area (Å²) in [6, 6.07) is 0.301. The monoisotopic (exact) mass is 439 g/mol. The Balaban J connectivity index is 1.59. The van der Waals surface area contributed by atoms with E-state index in [0.29, 0.717) is 12.6 Å². The van der Waals surface area contributed by atoms with Crippen LogP contribution in [-0.4, -0.2) is 86.3 Å². The van der Waals surface area contributed by atoms with Crippen LogP contribution in [0.15, 0.2) is 4.99 Å². The van der Waals surface area contributed by atoms with Gasteiger partial charge < -0.3 is 19.9 Å². The van der Waals surface area contributed by atoms with E-state index in [1.165, 1.54) is 0 Å². The van der Waals surface area contributed by atoms with E-state index < -0.39 is 10.8 Å². The number of aliphatic imine (C=N–C) groups is 1. The Morgan fingerprint density at radius 1 is 1.30 bits per heavy atom. The Hall–Kier alpha value is -1.52. The molecule has 0 bridgehead atoms. The SMILES string of the molecule is CCS(=O)C1CCCC(NC(=NCc2nnc(C)n2C)NCCN2CCOCC2)C1. The van der Waals surface area contributed by atoms with E-state index in [0.717, 1.165) is 88.4 Å². The van der Waals surface area contributed by atoms with E-state index in [2.05, 4.69) is 25.7 Å². The molecule has 2 N–H and O–H groups in total. The van der Waals surface area contributed by atoms with Gasteiger partial charge in [0, 0.05) is 61.1 Å². The van der Waals surface area contributed by atoms with E-state index in [1.54, 1.807) is 0 Å². The number of hydrogen-bond donors (Lipinski definition) is 2. The van der Waals surface area contributed by atoms with Crippen LogP contribution in [0.3, 0.4) is 0 Å². The Morgan fingerprint density at radius 3 is 2.80 bits per heavy atom. The number of rotatable bonds is 8. The number of nitrogens with one attached hydrogen (secondary N) is 2. The summed E-state index contributed by atoms with van der Waals surface area (Å²) in [5.74, 6) is 3.26. The van der Waals surface area contributed by atoms with Gasteiger partial charge in [-0.3, -0.25) is 9.11 Å². The van der Waals surface area contributed by atoms with Gasteiger partial charge in [-0.15, -0.1) is 10.2 Å². The average Bonchev–Trinajstić information content (AvgIpc) is 3.10. The second kappa shape index (κ2) is 11.8. The van der Waals surface area contributed by atoms with Crippen molar-refractivity contribution in [2.24, 2.45) is 12.0 Å². The third-order valence-corrected chi connectivity index (χ3v) is 7.75. The first-order chi connectivity index (χ1) is 14.6. The van der Waals surface area contributed by atoms with Crippen LogP contribution >= 0.6 is 0 Å². The molecule has 3 atom stereocenters. The summed E-state index contributed by atoms with van der Waals surface area (Å²) < 4.78 is 19.7. The quantitative estimate of drug-likeness (QED) is 0.452. The molecule has 1 aromatic rings. The molecule has 170 valence electrons. The molecule has 0 amide bonds. The molecular formula is C20H37N7O2S. The minimum atomic E-state index is -0.732. The maximum absolute atomic E-state index is 12.3. The Morgan fingerprint density at radius 2 is 2.10 bits per heavy atom. The van der Waals surface area contributed by atoms with Crippen molar-refractivity contribution < 1.29 is 8.95 Å². The average molecular weight is 440 g/mol. The van der Waals surface area contributed by atoms with E-state index in [4.69, 9.17) is 9.73 Å². The molecule has 1 aliphatic heterocycles. The molecule has 0 aromatic carbocycles. The van der Waals surface area contributed by atoms with Gasteiger partial charge in [0.1, 0.15) is 12.4 Å². The standard InChI is InChI=1S/C20H37N7O2S/c1-4-30(28)18-7-5-6-17(14-18)23-20(21-8-9-27-10-12-29-13-11-27)22-15-19-25-24-16(2)26(19)3/h17-18H,4-15H2,1-3H3,(H2,21,22,23). The van der Waals surface area contributed by atoms with Crippen molar-refractivity contribution in [3.8, 4) is 0 Å². The number of aryl methyl sites for hydroxylation is 1. The van der Waals surface area contributed by atoms with E-state index in [9.17, 15) is 4.21 Å². The Labute approximate surface area is 182 Å². The molecule has 30 heavy (non-hydrogen) atoms. The van der Waals surface area contributed by atoms with Gasteiger partial charge in [-0.25, -0.2) is 4.99 Å². The third kappa shape index (κ3) is 6.75. The zero-order valence-corrected chi connectivity index (χ0v) is 19.4. The number of aromatic nitrogens is 3. The minimum absolute atomic E-state index is 0.289. The van der Waals surface area contributed by atoms with E-state index >= 15 is 0 Å². The molecule has 3 rings (SSSR count). The van der Waals surface area contributed by atoms with Crippen LogP contribution in [0.1, 0.15) is 44.3 Å². The van der Waals surface area contributed by atoms with Crippen LogP contribution in [0.5, 0.6) is 0 Å². The molecule has 0 radical (unpaired) electrons. The topological polar surface area (TPSA) is 96.7 Å². The fourth-order valence-electron chi connectivity index (χ4n) is 3.99. The van der Waals surface area contributed by atoms with Crippen LogP contribution < -0.4 is 10.6 Å². The highest BCUT2D eigenvalue weighted by Crippen LogP contribution is 2.23. The summed E-state index contributed by atoms with van der Waals surface area (Å²) in [5.41, 5.74) is 0. The van der Waals surface area contributed by atoms with Gasteiger partial charge in [-0.1, -0.05) is 13.3 Å². The minimum Gasteiger partial charge on any atom is -0.379 e. The Bertz CT molecular complexity index is 718. The predicted molar refractivity (Wildman–Crippen MR) is 120 cm³/mol. The highest BCUT2D eigenvalue weighted by atomic mass is 32.2. The lowest BCUT2D eigenvalue weighted by molar-refractivity contribution is 0.0389. The van der Waals surface area contributed by atoms with E-state index in [-0.39, 0.29) is 5.25 Å². The highest BCUT2D eigenvalue weighted by molar-refractivity contribution is 7.85. The lowest BCUT2D eigenvalue weighted by Gasteiger charge is -2.31. The lowest BCUT2D eigenvalue weighted by Crippen LogP contribution is -2.49. The van der Waals surface area contributed by atoms with Gasteiger partial charge in [0.15, 0.2) is 11.8 Å². The van der Waals surface area contributed by atoms with Crippen LogP contribution in [0.25, 0.3) is 0 Å². The highest BCUT2D eigenvalue weighted by Gasteiger charge is 2.26. The van der Waals surface area contributed by atoms with Crippen LogP contribution in [0, 0.1) is 6.92 Å². The van der Waals surface area contributed by atoms with Crippen LogP contribution in [-0.2, 0) is 29.1 Å². The summed E-state index contributed by atoms with van der Waals surface area (Å²) >= 11 is 0. The van der Waals surface area contributed by atoms with Crippen molar-refractivity contribution >= 4 is 16.8 Å². The largest absolute Gasteiger partial charge is 0.379 e. The molecule has 3 unspecified atom stereocenters. The normalized spacial score (nSPS) is 24.6.